The van der Waals surface area contributed by atoms with Gasteiger partial charge >= 0.3 is 6.18 Å². The van der Waals surface area contributed by atoms with Crippen LogP contribution in [0.5, 0.6) is 5.75 Å². The van der Waals surface area contributed by atoms with E-state index in [4.69, 9.17) is 4.74 Å². The van der Waals surface area contributed by atoms with E-state index in [0.717, 1.165) is 6.54 Å². The van der Waals surface area contributed by atoms with Crippen molar-refractivity contribution >= 4 is 16.7 Å². The van der Waals surface area contributed by atoms with Gasteiger partial charge in [0.2, 0.25) is 0 Å². The van der Waals surface area contributed by atoms with Gasteiger partial charge in [-0.1, -0.05) is 6.07 Å². The maximum absolute atomic E-state index is 12.8. The Morgan fingerprint density at radius 3 is 2.53 bits per heavy atom. The van der Waals surface area contributed by atoms with Crippen molar-refractivity contribution in [3.05, 3.63) is 53.2 Å². The van der Waals surface area contributed by atoms with E-state index in [9.17, 15) is 18.0 Å². The van der Waals surface area contributed by atoms with Crippen molar-refractivity contribution in [3.63, 3.8) is 0 Å². The largest absolute Gasteiger partial charge is 0.490 e. The first-order chi connectivity index (χ1) is 15.4. The van der Waals surface area contributed by atoms with Gasteiger partial charge in [0, 0.05) is 56.5 Å². The molecule has 0 atom stereocenters. The van der Waals surface area contributed by atoms with Crippen molar-refractivity contribution in [1.29, 1.82) is 0 Å². The maximum atomic E-state index is 12.8. The number of anilines is 1. The summed E-state index contributed by atoms with van der Waals surface area (Å²) >= 11 is 0. The number of aromatic nitrogens is 3. The first kappa shape index (κ1) is 20.9. The lowest BCUT2D eigenvalue weighted by atomic mass is 10.1. The van der Waals surface area contributed by atoms with Gasteiger partial charge in [0.25, 0.3) is 5.56 Å². The molecule has 3 aromatic rings. The number of piperidine rings is 1. The van der Waals surface area contributed by atoms with Crippen LogP contribution >= 0.6 is 0 Å². The predicted molar refractivity (Wildman–Crippen MR) is 115 cm³/mol. The number of alkyl halides is 3. The quantitative estimate of drug-likeness (QED) is 0.569. The zero-order valence-electron chi connectivity index (χ0n) is 17.6. The predicted octanol–water partition coefficient (Wildman–Crippen LogP) is 4.22. The standard InChI is InChI=1S/C23H25F3N4O2/c24-23(25,26)15-30-12-8-18-19(30)2-1-3-20(18)32-17-6-10-28(11-7-17)21-22(31)29(13-9-27-21)14-16-4-5-16/h1-3,8-9,12-13,16-17H,4-7,10-11,14-15H2. The summed E-state index contributed by atoms with van der Waals surface area (Å²) in [5.41, 5.74) is 0.455. The van der Waals surface area contributed by atoms with Crippen molar-refractivity contribution in [2.75, 3.05) is 18.0 Å². The number of rotatable bonds is 6. The Morgan fingerprint density at radius 1 is 1.03 bits per heavy atom. The van der Waals surface area contributed by atoms with Gasteiger partial charge in [-0.2, -0.15) is 13.2 Å². The minimum atomic E-state index is -4.28. The van der Waals surface area contributed by atoms with Gasteiger partial charge in [-0.15, -0.1) is 0 Å². The van der Waals surface area contributed by atoms with Crippen LogP contribution in [-0.2, 0) is 13.1 Å². The van der Waals surface area contributed by atoms with Crippen molar-refractivity contribution in [2.24, 2.45) is 5.92 Å². The topological polar surface area (TPSA) is 52.3 Å². The average molecular weight is 446 g/mol. The monoisotopic (exact) mass is 446 g/mol. The molecule has 9 heteroatoms. The van der Waals surface area contributed by atoms with Gasteiger partial charge in [-0.25, -0.2) is 4.98 Å². The molecule has 3 heterocycles. The van der Waals surface area contributed by atoms with Crippen LogP contribution in [0.25, 0.3) is 10.9 Å². The van der Waals surface area contributed by atoms with E-state index < -0.39 is 12.7 Å². The van der Waals surface area contributed by atoms with E-state index in [-0.39, 0.29) is 11.7 Å². The van der Waals surface area contributed by atoms with Crippen molar-refractivity contribution in [2.45, 2.75) is 51.1 Å². The smallest absolute Gasteiger partial charge is 0.406 e. The number of ether oxygens (including phenoxy) is 1. The zero-order chi connectivity index (χ0) is 22.3. The third-order valence-electron chi connectivity index (χ3n) is 6.21. The number of fused-ring (bicyclic) bond motifs is 1. The molecule has 5 rings (SSSR count). The van der Waals surface area contributed by atoms with Gasteiger partial charge in [-0.05, 0) is 37.0 Å². The van der Waals surface area contributed by atoms with Gasteiger partial charge < -0.3 is 18.8 Å². The molecule has 0 bridgehead atoms. The van der Waals surface area contributed by atoms with Gasteiger partial charge in [-0.3, -0.25) is 4.79 Å². The van der Waals surface area contributed by atoms with E-state index in [0.29, 0.717) is 54.3 Å². The molecule has 0 N–H and O–H groups in total. The molecule has 1 saturated heterocycles. The molecule has 1 aromatic carbocycles. The highest BCUT2D eigenvalue weighted by molar-refractivity contribution is 5.86. The molecule has 2 aliphatic rings. The van der Waals surface area contributed by atoms with Crippen molar-refractivity contribution in [3.8, 4) is 5.75 Å². The Morgan fingerprint density at radius 2 is 1.81 bits per heavy atom. The molecule has 2 fully saturated rings. The number of nitrogens with zero attached hydrogens (tertiary/aromatic N) is 4. The van der Waals surface area contributed by atoms with Gasteiger partial charge in [0.15, 0.2) is 5.82 Å². The Balaban J connectivity index is 1.26. The van der Waals surface area contributed by atoms with Crippen LogP contribution in [0.1, 0.15) is 25.7 Å². The van der Waals surface area contributed by atoms with Crippen molar-refractivity contribution < 1.29 is 17.9 Å². The second-order valence-corrected chi connectivity index (χ2v) is 8.70. The molecule has 32 heavy (non-hydrogen) atoms. The Bertz CT molecular complexity index is 1160. The SMILES string of the molecule is O=c1c(N2CCC(Oc3cccc4c3ccn4CC(F)(F)F)CC2)nccn1CC1CC1. The fourth-order valence-electron chi connectivity index (χ4n) is 4.37. The third kappa shape index (κ3) is 4.47. The summed E-state index contributed by atoms with van der Waals surface area (Å²) in [7, 11) is 0. The van der Waals surface area contributed by atoms with Gasteiger partial charge in [0.05, 0.1) is 5.52 Å². The van der Waals surface area contributed by atoms with E-state index in [1.165, 1.54) is 23.6 Å². The lowest BCUT2D eigenvalue weighted by molar-refractivity contribution is -0.139. The molecule has 6 nitrogen and oxygen atoms in total. The van der Waals surface area contributed by atoms with Crippen LogP contribution in [-0.4, -0.2) is 39.5 Å². The molecule has 0 amide bonds. The minimum Gasteiger partial charge on any atom is -0.490 e. The fourth-order valence-corrected chi connectivity index (χ4v) is 4.37. The van der Waals surface area contributed by atoms with E-state index in [1.54, 1.807) is 41.2 Å². The fraction of sp³-hybridized carbons (Fsp3) is 0.478. The number of hydrogen-bond acceptors (Lipinski definition) is 4. The average Bonchev–Trinajstić information content (AvgIpc) is 3.49. The molecule has 0 spiro atoms. The molecule has 1 aliphatic carbocycles. The molecule has 2 aromatic heterocycles. The normalized spacial score (nSPS) is 17.8. The summed E-state index contributed by atoms with van der Waals surface area (Å²) in [5, 5.41) is 0.673. The Labute approximate surface area is 183 Å². The zero-order valence-corrected chi connectivity index (χ0v) is 17.6. The number of hydrogen-bond donors (Lipinski definition) is 0. The highest BCUT2D eigenvalue weighted by Crippen LogP contribution is 2.32. The number of benzene rings is 1. The summed E-state index contributed by atoms with van der Waals surface area (Å²) in [6, 6.07) is 6.85. The van der Waals surface area contributed by atoms with Crippen LogP contribution in [0, 0.1) is 5.92 Å². The maximum Gasteiger partial charge on any atom is 0.406 e. The minimum absolute atomic E-state index is 0.0467. The summed E-state index contributed by atoms with van der Waals surface area (Å²) in [5.74, 6) is 1.68. The Hall–Kier alpha value is -2.97. The van der Waals surface area contributed by atoms with Gasteiger partial charge in [0.1, 0.15) is 18.4 Å². The summed E-state index contributed by atoms with van der Waals surface area (Å²) < 4.78 is 47.6. The van der Waals surface area contributed by atoms with Crippen LogP contribution in [0.4, 0.5) is 19.0 Å². The highest BCUT2D eigenvalue weighted by atomic mass is 19.4. The molecule has 170 valence electrons. The lowest BCUT2D eigenvalue weighted by Gasteiger charge is -2.32. The molecular weight excluding hydrogens is 421 g/mol. The van der Waals surface area contributed by atoms with E-state index in [1.807, 2.05) is 4.90 Å². The molecule has 1 saturated carbocycles. The van der Waals surface area contributed by atoms with Crippen LogP contribution in [0.15, 0.2) is 47.7 Å². The van der Waals surface area contributed by atoms with E-state index >= 15 is 0 Å². The van der Waals surface area contributed by atoms with Crippen LogP contribution < -0.4 is 15.2 Å². The molecule has 0 unspecified atom stereocenters. The molecule has 0 radical (unpaired) electrons. The Kier molecular flexibility index (Phi) is 5.35. The van der Waals surface area contributed by atoms with Crippen molar-refractivity contribution in [1.82, 2.24) is 14.1 Å². The summed E-state index contributed by atoms with van der Waals surface area (Å²) in [6.07, 6.45) is 4.31. The first-order valence-corrected chi connectivity index (χ1v) is 11.0. The molecular formula is C23H25F3N4O2. The lowest BCUT2D eigenvalue weighted by Crippen LogP contribution is -2.42. The summed E-state index contributed by atoms with van der Waals surface area (Å²) in [6.45, 7) is 1.02. The van der Waals surface area contributed by atoms with Crippen LogP contribution in [0.2, 0.25) is 0 Å². The second kappa shape index (κ2) is 8.18. The summed E-state index contributed by atoms with van der Waals surface area (Å²) in [4.78, 5) is 19.1. The first-order valence-electron chi connectivity index (χ1n) is 11.0. The molecule has 1 aliphatic heterocycles. The highest BCUT2D eigenvalue weighted by Gasteiger charge is 2.29. The third-order valence-corrected chi connectivity index (χ3v) is 6.21. The second-order valence-electron chi connectivity index (χ2n) is 8.70. The van der Waals surface area contributed by atoms with Crippen LogP contribution in [0.3, 0.4) is 0 Å². The van der Waals surface area contributed by atoms with E-state index in [2.05, 4.69) is 4.98 Å². The number of halogens is 3.